The van der Waals surface area contributed by atoms with E-state index >= 15 is 0 Å². The topological polar surface area (TPSA) is 53.4 Å². The first-order valence-corrected chi connectivity index (χ1v) is 8.77. The van der Waals surface area contributed by atoms with Crippen molar-refractivity contribution in [2.75, 3.05) is 6.61 Å². The van der Waals surface area contributed by atoms with Gasteiger partial charge in [0.15, 0.2) is 6.10 Å². The Bertz CT molecular complexity index is 902. The molecule has 0 fully saturated rings. The normalized spacial score (nSPS) is 11.8. The van der Waals surface area contributed by atoms with Crippen molar-refractivity contribution in [2.45, 2.75) is 12.6 Å². The van der Waals surface area contributed by atoms with Crippen LogP contribution in [-0.4, -0.2) is 28.2 Å². The number of halogens is 3. The highest BCUT2D eigenvalue weighted by Gasteiger charge is 2.20. The van der Waals surface area contributed by atoms with Gasteiger partial charge in [0, 0.05) is 17.4 Å². The number of imidazole rings is 1. The maximum atomic E-state index is 13.0. The summed E-state index contributed by atoms with van der Waals surface area (Å²) in [6.07, 6.45) is 4.35. The number of esters is 1. The molecule has 3 aromatic rings. The van der Waals surface area contributed by atoms with Crippen LogP contribution in [-0.2, 0) is 11.3 Å². The molecule has 0 amide bonds. The number of ether oxygens (including phenoxy) is 2. The van der Waals surface area contributed by atoms with E-state index in [1.807, 2.05) is 0 Å². The fourth-order valence-corrected chi connectivity index (χ4v) is 2.83. The number of nitrogens with zero attached hydrogens (tertiary/aromatic N) is 2. The number of hydrogen-bond acceptors (Lipinski definition) is 4. The van der Waals surface area contributed by atoms with E-state index in [0.717, 1.165) is 0 Å². The van der Waals surface area contributed by atoms with E-state index in [0.29, 0.717) is 17.3 Å². The lowest BCUT2D eigenvalue weighted by Gasteiger charge is -2.19. The molecule has 0 radical (unpaired) electrons. The predicted molar refractivity (Wildman–Crippen MR) is 99.8 cm³/mol. The van der Waals surface area contributed by atoms with E-state index in [1.54, 1.807) is 29.4 Å². The standard InChI is InChI=1S/C19H15Cl2FN2O3/c20-13-1-6-17(18(21)9-13)19(25)27-16(10-24-8-7-23-12-24)11-26-15-4-2-14(22)3-5-15/h1-9,12,16H,10-11H2/t16-/m1/s1. The lowest BCUT2D eigenvalue weighted by atomic mass is 10.2. The average molecular weight is 409 g/mol. The summed E-state index contributed by atoms with van der Waals surface area (Å²) in [5.41, 5.74) is 0.207. The minimum Gasteiger partial charge on any atom is -0.490 e. The molecule has 5 nitrogen and oxygen atoms in total. The smallest absolute Gasteiger partial charge is 0.340 e. The van der Waals surface area contributed by atoms with Gasteiger partial charge in [0.2, 0.25) is 0 Å². The molecule has 1 aromatic heterocycles. The van der Waals surface area contributed by atoms with Gasteiger partial charge in [-0.15, -0.1) is 0 Å². The molecular weight excluding hydrogens is 394 g/mol. The summed E-state index contributed by atoms with van der Waals surface area (Å²) in [4.78, 5) is 16.5. The van der Waals surface area contributed by atoms with Crippen molar-refractivity contribution in [3.8, 4) is 5.75 Å². The number of hydrogen-bond donors (Lipinski definition) is 0. The van der Waals surface area contributed by atoms with Gasteiger partial charge in [-0.2, -0.15) is 0 Å². The van der Waals surface area contributed by atoms with E-state index in [-0.39, 0.29) is 23.0 Å². The minimum absolute atomic E-state index is 0.0702. The van der Waals surface area contributed by atoms with Crippen molar-refractivity contribution >= 4 is 29.2 Å². The molecule has 0 aliphatic carbocycles. The third-order valence-electron chi connectivity index (χ3n) is 3.65. The van der Waals surface area contributed by atoms with Crippen LogP contribution in [0.3, 0.4) is 0 Å². The van der Waals surface area contributed by atoms with Gasteiger partial charge in [-0.3, -0.25) is 0 Å². The van der Waals surface area contributed by atoms with Gasteiger partial charge in [-0.25, -0.2) is 14.2 Å². The van der Waals surface area contributed by atoms with Gasteiger partial charge in [0.25, 0.3) is 0 Å². The van der Waals surface area contributed by atoms with Crippen LogP contribution in [0.25, 0.3) is 0 Å². The maximum absolute atomic E-state index is 13.0. The van der Waals surface area contributed by atoms with E-state index in [1.165, 1.54) is 36.4 Å². The summed E-state index contributed by atoms with van der Waals surface area (Å²) in [7, 11) is 0. The second-order valence-electron chi connectivity index (χ2n) is 5.68. The quantitative estimate of drug-likeness (QED) is 0.534. The van der Waals surface area contributed by atoms with Crippen molar-refractivity contribution in [3.05, 3.63) is 82.6 Å². The van der Waals surface area contributed by atoms with Crippen LogP contribution in [0.5, 0.6) is 5.75 Å². The Morgan fingerprint density at radius 2 is 1.96 bits per heavy atom. The van der Waals surface area contributed by atoms with E-state index in [9.17, 15) is 9.18 Å². The highest BCUT2D eigenvalue weighted by atomic mass is 35.5. The first-order valence-electron chi connectivity index (χ1n) is 8.01. The van der Waals surface area contributed by atoms with Crippen molar-refractivity contribution in [1.82, 2.24) is 9.55 Å². The van der Waals surface area contributed by atoms with Crippen LogP contribution < -0.4 is 4.74 Å². The van der Waals surface area contributed by atoms with Crippen molar-refractivity contribution in [3.63, 3.8) is 0 Å². The highest BCUT2D eigenvalue weighted by molar-refractivity contribution is 6.36. The molecule has 0 spiro atoms. The second-order valence-corrected chi connectivity index (χ2v) is 6.52. The van der Waals surface area contributed by atoms with Crippen LogP contribution in [0.1, 0.15) is 10.4 Å². The second kappa shape index (κ2) is 8.88. The van der Waals surface area contributed by atoms with Gasteiger partial charge in [-0.1, -0.05) is 23.2 Å². The van der Waals surface area contributed by atoms with Crippen molar-refractivity contribution in [2.24, 2.45) is 0 Å². The summed E-state index contributed by atoms with van der Waals surface area (Å²) in [5.74, 6) is -0.488. The van der Waals surface area contributed by atoms with Crippen LogP contribution in [0.15, 0.2) is 61.2 Å². The Labute approximate surface area is 165 Å². The molecule has 3 rings (SSSR count). The SMILES string of the molecule is O=C(O[C@@H](COc1ccc(F)cc1)Cn1ccnc1)c1ccc(Cl)cc1Cl. The molecule has 1 heterocycles. The number of benzene rings is 2. The summed E-state index contributed by atoms with van der Waals surface area (Å²) in [6.45, 7) is 0.402. The van der Waals surface area contributed by atoms with E-state index in [4.69, 9.17) is 32.7 Å². The van der Waals surface area contributed by atoms with E-state index in [2.05, 4.69) is 4.98 Å². The Morgan fingerprint density at radius 1 is 1.19 bits per heavy atom. The molecule has 0 aliphatic heterocycles. The fourth-order valence-electron chi connectivity index (χ4n) is 2.34. The van der Waals surface area contributed by atoms with Gasteiger partial charge >= 0.3 is 5.97 Å². The molecule has 0 bridgehead atoms. The largest absolute Gasteiger partial charge is 0.490 e. The molecular formula is C19H15Cl2FN2O3. The Hall–Kier alpha value is -2.57. The Kier molecular flexibility index (Phi) is 6.32. The lowest BCUT2D eigenvalue weighted by Crippen LogP contribution is -2.29. The van der Waals surface area contributed by atoms with Crippen molar-refractivity contribution < 1.29 is 18.7 Å². The first kappa shape index (κ1) is 19.2. The Morgan fingerprint density at radius 3 is 2.63 bits per heavy atom. The molecule has 140 valence electrons. The van der Waals surface area contributed by atoms with Crippen LogP contribution in [0.4, 0.5) is 4.39 Å². The maximum Gasteiger partial charge on any atom is 0.340 e. The minimum atomic E-state index is -0.622. The summed E-state index contributed by atoms with van der Waals surface area (Å²) in [6, 6.07) is 10.1. The number of aromatic nitrogens is 2. The summed E-state index contributed by atoms with van der Waals surface area (Å²) in [5, 5.41) is 0.625. The average Bonchev–Trinajstić information content (AvgIpc) is 3.14. The predicted octanol–water partition coefficient (Wildman–Crippen LogP) is 4.63. The van der Waals surface area contributed by atoms with E-state index < -0.39 is 12.1 Å². The van der Waals surface area contributed by atoms with Gasteiger partial charge in [-0.05, 0) is 42.5 Å². The molecule has 2 aromatic carbocycles. The fraction of sp³-hybridized carbons (Fsp3) is 0.158. The number of rotatable bonds is 7. The summed E-state index contributed by atoms with van der Waals surface area (Å²) >= 11 is 11.9. The van der Waals surface area contributed by atoms with Gasteiger partial charge < -0.3 is 14.0 Å². The van der Waals surface area contributed by atoms with Crippen LogP contribution >= 0.6 is 23.2 Å². The molecule has 8 heteroatoms. The van der Waals surface area contributed by atoms with Gasteiger partial charge in [0.1, 0.15) is 18.2 Å². The number of carbonyl (C=O) groups excluding carboxylic acids is 1. The number of carbonyl (C=O) groups is 1. The monoisotopic (exact) mass is 408 g/mol. The third-order valence-corrected chi connectivity index (χ3v) is 4.20. The zero-order valence-electron chi connectivity index (χ0n) is 14.0. The third kappa shape index (κ3) is 5.45. The molecule has 0 unspecified atom stereocenters. The molecule has 27 heavy (non-hydrogen) atoms. The van der Waals surface area contributed by atoms with Gasteiger partial charge in [0.05, 0.1) is 23.5 Å². The molecule has 0 saturated heterocycles. The summed E-state index contributed by atoms with van der Waals surface area (Å²) < 4.78 is 26.0. The molecule has 0 aliphatic rings. The molecule has 0 saturated carbocycles. The highest BCUT2D eigenvalue weighted by Crippen LogP contribution is 2.22. The Balaban J connectivity index is 1.70. The van der Waals surface area contributed by atoms with Crippen LogP contribution in [0, 0.1) is 5.82 Å². The van der Waals surface area contributed by atoms with Crippen molar-refractivity contribution in [1.29, 1.82) is 0 Å². The zero-order chi connectivity index (χ0) is 19.2. The molecule has 1 atom stereocenters. The zero-order valence-corrected chi connectivity index (χ0v) is 15.5. The van der Waals surface area contributed by atoms with Crippen LogP contribution in [0.2, 0.25) is 10.0 Å². The first-order chi connectivity index (χ1) is 13.0. The molecule has 0 N–H and O–H groups in total. The lowest BCUT2D eigenvalue weighted by molar-refractivity contribution is 0.0125.